The zero-order valence-electron chi connectivity index (χ0n) is 6.30. The number of aromatic nitrogens is 1. The maximum Gasteiger partial charge on any atom is 0.280 e. The van der Waals surface area contributed by atoms with Crippen molar-refractivity contribution in [1.82, 2.24) is 4.98 Å². The molecule has 0 saturated heterocycles. The molecule has 0 atom stereocenters. The second-order valence-corrected chi connectivity index (χ2v) is 3.28. The van der Waals surface area contributed by atoms with E-state index in [4.69, 9.17) is 5.73 Å². The number of rotatable bonds is 2. The van der Waals surface area contributed by atoms with Crippen LogP contribution < -0.4 is 5.73 Å². The predicted octanol–water partition coefficient (Wildman–Crippen LogP) is 2.02. The highest BCUT2D eigenvalue weighted by Gasteiger charge is 2.14. The van der Waals surface area contributed by atoms with Crippen molar-refractivity contribution < 1.29 is 13.6 Å². The Bertz CT molecular complexity index is 320. The third-order valence-corrected chi connectivity index (χ3v) is 2.23. The molecule has 0 spiro atoms. The van der Waals surface area contributed by atoms with Crippen LogP contribution in [-0.4, -0.2) is 11.3 Å². The average molecular weight is 298 g/mol. The van der Waals surface area contributed by atoms with Gasteiger partial charge in [-0.25, -0.2) is 13.8 Å². The van der Waals surface area contributed by atoms with Crippen LogP contribution in [0.25, 0.3) is 0 Å². The maximum atomic E-state index is 12.2. The fourth-order valence-corrected chi connectivity index (χ4v) is 1.51. The van der Waals surface area contributed by atoms with Crippen LogP contribution in [-0.2, 0) is 0 Å². The Kier molecular flexibility index (Phi) is 3.12. The summed E-state index contributed by atoms with van der Waals surface area (Å²) in [7, 11) is 0. The first-order chi connectivity index (χ1) is 6.06. The molecule has 70 valence electrons. The third kappa shape index (κ3) is 2.11. The van der Waals surface area contributed by atoms with Gasteiger partial charge in [0.25, 0.3) is 6.43 Å². The lowest BCUT2D eigenvalue weighted by molar-refractivity contribution is 0.112. The lowest BCUT2D eigenvalue weighted by atomic mass is 10.2. The van der Waals surface area contributed by atoms with Gasteiger partial charge in [-0.05, 0) is 28.7 Å². The summed E-state index contributed by atoms with van der Waals surface area (Å²) < 4.78 is 24.5. The van der Waals surface area contributed by atoms with Gasteiger partial charge in [0.2, 0.25) is 0 Å². The fraction of sp³-hybridized carbons (Fsp3) is 0.143. The van der Waals surface area contributed by atoms with Crippen molar-refractivity contribution in [3.05, 3.63) is 21.0 Å². The molecule has 1 aromatic rings. The second-order valence-electron chi connectivity index (χ2n) is 2.26. The maximum absolute atomic E-state index is 12.2. The topological polar surface area (TPSA) is 56.0 Å². The van der Waals surface area contributed by atoms with Gasteiger partial charge in [0.05, 0.1) is 5.56 Å². The molecule has 0 radical (unpaired) electrons. The van der Waals surface area contributed by atoms with Crippen LogP contribution in [0.15, 0.2) is 6.07 Å². The molecule has 0 saturated carbocycles. The Balaban J connectivity index is 3.28. The number of carbonyl (C=O) groups excluding carboxylic acids is 1. The van der Waals surface area contributed by atoms with Crippen molar-refractivity contribution in [2.75, 3.05) is 5.73 Å². The molecule has 1 aromatic heterocycles. The minimum atomic E-state index is -2.67. The molecule has 0 amide bonds. The molecule has 1 rings (SSSR count). The van der Waals surface area contributed by atoms with Gasteiger partial charge in [0.1, 0.15) is 9.39 Å². The highest BCUT2D eigenvalue weighted by Crippen LogP contribution is 2.23. The highest BCUT2D eigenvalue weighted by molar-refractivity contribution is 14.1. The number of nitrogens with two attached hydrogens (primary N) is 1. The number of nitrogen functional groups attached to an aromatic ring is 1. The molecule has 0 fully saturated rings. The van der Waals surface area contributed by atoms with E-state index in [-0.39, 0.29) is 15.0 Å². The quantitative estimate of drug-likeness (QED) is 0.516. The Morgan fingerprint density at radius 2 is 2.23 bits per heavy atom. The first kappa shape index (κ1) is 10.3. The van der Waals surface area contributed by atoms with Crippen LogP contribution in [0, 0.1) is 3.70 Å². The summed E-state index contributed by atoms with van der Waals surface area (Å²) in [5, 5.41) is 0. The molecule has 0 aliphatic heterocycles. The number of hydrogen-bond acceptors (Lipinski definition) is 3. The van der Waals surface area contributed by atoms with Gasteiger partial charge in [-0.2, -0.15) is 0 Å². The highest BCUT2D eigenvalue weighted by atomic mass is 127. The fourth-order valence-electron chi connectivity index (χ4n) is 0.790. The van der Waals surface area contributed by atoms with Crippen LogP contribution in [0.3, 0.4) is 0 Å². The normalized spacial score (nSPS) is 10.5. The lowest BCUT2D eigenvalue weighted by Crippen LogP contribution is -2.02. The number of pyridine rings is 1. The number of aldehydes is 1. The number of halogens is 3. The molecular formula is C7H5F2IN2O. The minimum absolute atomic E-state index is 0.0321. The van der Waals surface area contributed by atoms with E-state index in [0.717, 1.165) is 6.07 Å². The van der Waals surface area contributed by atoms with Crippen LogP contribution in [0.2, 0.25) is 0 Å². The van der Waals surface area contributed by atoms with Gasteiger partial charge < -0.3 is 5.73 Å². The van der Waals surface area contributed by atoms with Gasteiger partial charge in [0.15, 0.2) is 6.29 Å². The van der Waals surface area contributed by atoms with Gasteiger partial charge in [-0.1, -0.05) is 0 Å². The van der Waals surface area contributed by atoms with Crippen LogP contribution >= 0.6 is 22.6 Å². The molecule has 1 heterocycles. The monoisotopic (exact) mass is 298 g/mol. The molecule has 0 aliphatic rings. The average Bonchev–Trinajstić information content (AvgIpc) is 2.03. The van der Waals surface area contributed by atoms with Gasteiger partial charge in [0, 0.05) is 5.69 Å². The number of nitrogens with zero attached hydrogens (tertiary/aromatic N) is 1. The summed E-state index contributed by atoms with van der Waals surface area (Å²) in [6.45, 7) is 0. The molecular weight excluding hydrogens is 293 g/mol. The van der Waals surface area contributed by atoms with Crippen molar-refractivity contribution >= 4 is 34.6 Å². The predicted molar refractivity (Wildman–Crippen MR) is 51.7 cm³/mol. The Labute approximate surface area is 86.5 Å². The van der Waals surface area contributed by atoms with Gasteiger partial charge >= 0.3 is 0 Å². The van der Waals surface area contributed by atoms with Gasteiger partial charge in [-0.15, -0.1) is 0 Å². The van der Waals surface area contributed by atoms with E-state index >= 15 is 0 Å². The van der Waals surface area contributed by atoms with Crippen LogP contribution in [0.1, 0.15) is 22.5 Å². The molecule has 0 aliphatic carbocycles. The molecule has 2 N–H and O–H groups in total. The summed E-state index contributed by atoms with van der Waals surface area (Å²) in [5.41, 5.74) is 5.14. The Hall–Kier alpha value is -0.790. The zero-order chi connectivity index (χ0) is 10.0. The van der Waals surface area contributed by atoms with Crippen LogP contribution in [0.4, 0.5) is 14.5 Å². The largest absolute Gasteiger partial charge is 0.398 e. The SMILES string of the molecule is Nc1cc(C(F)F)nc(I)c1C=O. The smallest absolute Gasteiger partial charge is 0.280 e. The molecule has 0 unspecified atom stereocenters. The number of anilines is 1. The van der Waals surface area contributed by atoms with Crippen molar-refractivity contribution in [2.45, 2.75) is 6.43 Å². The molecule has 3 nitrogen and oxygen atoms in total. The minimum Gasteiger partial charge on any atom is -0.398 e. The van der Waals surface area contributed by atoms with E-state index < -0.39 is 12.1 Å². The standard InChI is InChI=1S/C7H5F2IN2O/c8-6(9)5-1-4(11)3(2-13)7(10)12-5/h1-2,6H,(H2,11,12). The van der Waals surface area contributed by atoms with Crippen molar-refractivity contribution in [2.24, 2.45) is 0 Å². The van der Waals surface area contributed by atoms with E-state index in [1.807, 2.05) is 0 Å². The zero-order valence-corrected chi connectivity index (χ0v) is 8.46. The molecule has 6 heteroatoms. The third-order valence-electron chi connectivity index (χ3n) is 1.41. The summed E-state index contributed by atoms with van der Waals surface area (Å²) in [6.07, 6.45) is -2.17. The molecule has 0 aromatic carbocycles. The summed E-state index contributed by atoms with van der Waals surface area (Å²) >= 11 is 1.69. The van der Waals surface area contributed by atoms with E-state index in [1.165, 1.54) is 0 Å². The number of hydrogen-bond donors (Lipinski definition) is 1. The Morgan fingerprint density at radius 1 is 1.62 bits per heavy atom. The van der Waals surface area contributed by atoms with Gasteiger partial charge in [-0.3, -0.25) is 4.79 Å². The first-order valence-corrected chi connectivity index (χ1v) is 4.33. The summed E-state index contributed by atoms with van der Waals surface area (Å²) in [6, 6.07) is 1.01. The van der Waals surface area contributed by atoms with Crippen molar-refractivity contribution in [3.8, 4) is 0 Å². The Morgan fingerprint density at radius 3 is 2.62 bits per heavy atom. The van der Waals surface area contributed by atoms with E-state index in [9.17, 15) is 13.6 Å². The van der Waals surface area contributed by atoms with E-state index in [1.54, 1.807) is 22.6 Å². The van der Waals surface area contributed by atoms with E-state index in [2.05, 4.69) is 4.98 Å². The summed E-state index contributed by atoms with van der Waals surface area (Å²) in [4.78, 5) is 13.9. The number of carbonyl (C=O) groups is 1. The molecule has 13 heavy (non-hydrogen) atoms. The van der Waals surface area contributed by atoms with Crippen molar-refractivity contribution in [3.63, 3.8) is 0 Å². The van der Waals surface area contributed by atoms with E-state index in [0.29, 0.717) is 6.29 Å². The molecule has 0 bridgehead atoms. The lowest BCUT2D eigenvalue weighted by Gasteiger charge is -2.04. The van der Waals surface area contributed by atoms with Crippen LogP contribution in [0.5, 0.6) is 0 Å². The summed E-state index contributed by atoms with van der Waals surface area (Å²) in [5.74, 6) is 0. The second kappa shape index (κ2) is 3.95. The van der Waals surface area contributed by atoms with Crippen molar-refractivity contribution in [1.29, 1.82) is 0 Å². The first-order valence-electron chi connectivity index (χ1n) is 3.25. The number of alkyl halides is 2.